The minimum atomic E-state index is -1.04. The van der Waals surface area contributed by atoms with Crippen molar-refractivity contribution in [2.24, 2.45) is 0 Å². The third kappa shape index (κ3) is 6.45. The van der Waals surface area contributed by atoms with Crippen molar-refractivity contribution in [3.8, 4) is 11.5 Å². The van der Waals surface area contributed by atoms with E-state index in [-0.39, 0.29) is 22.2 Å². The number of ketones is 1. The van der Waals surface area contributed by atoms with E-state index in [0.29, 0.717) is 45.1 Å². The lowest BCUT2D eigenvalue weighted by molar-refractivity contribution is -0.132. The summed E-state index contributed by atoms with van der Waals surface area (Å²) in [5.41, 5.74) is 3.99. The zero-order valence-electron chi connectivity index (χ0n) is 28.8. The minimum absolute atomic E-state index is 0.0945. The molecule has 12 heteroatoms. The van der Waals surface area contributed by atoms with Gasteiger partial charge in [-0.1, -0.05) is 97.5 Å². The largest absolute Gasteiger partial charge is 0.505 e. The van der Waals surface area contributed by atoms with Gasteiger partial charge in [-0.2, -0.15) is 0 Å². The molecule has 6 aromatic rings. The molecule has 3 aromatic heterocycles. The first-order valence-electron chi connectivity index (χ1n) is 16.8. The van der Waals surface area contributed by atoms with Gasteiger partial charge in [-0.05, 0) is 65.9 Å². The fraction of sp³-hybridized carbons (Fsp3) is 0.256. The van der Waals surface area contributed by atoms with Crippen molar-refractivity contribution >= 4 is 62.1 Å². The predicted molar refractivity (Wildman–Crippen MR) is 201 cm³/mol. The van der Waals surface area contributed by atoms with Crippen LogP contribution in [0.1, 0.15) is 60.3 Å². The number of carbonyl (C=O) groups is 2. The fourth-order valence-electron chi connectivity index (χ4n) is 6.44. The van der Waals surface area contributed by atoms with Gasteiger partial charge in [0.1, 0.15) is 11.3 Å². The van der Waals surface area contributed by atoms with Crippen molar-refractivity contribution < 1.29 is 24.2 Å². The molecular formula is C39H37N5O5S2. The Labute approximate surface area is 303 Å². The number of amides is 1. The summed E-state index contributed by atoms with van der Waals surface area (Å²) in [6, 6.07) is 22.5. The predicted octanol–water partition coefficient (Wildman–Crippen LogP) is 8.45. The Hall–Kier alpha value is -5.20. The highest BCUT2D eigenvalue weighted by molar-refractivity contribution is 8.00. The van der Waals surface area contributed by atoms with E-state index in [4.69, 9.17) is 14.5 Å². The highest BCUT2D eigenvalue weighted by Crippen LogP contribution is 2.46. The SMILES string of the molecule is CCCCCOc1ccc(C2C(=C(O)c3nc4c(C)cccn4c3C)C(=O)C(=O)N2c2nnc(SCc3cccc4ccccc34)s2)cc1OC. The Morgan fingerprint density at radius 3 is 2.61 bits per heavy atom. The van der Waals surface area contributed by atoms with E-state index in [1.54, 1.807) is 25.3 Å². The Balaban J connectivity index is 1.29. The number of hydrogen-bond donors (Lipinski definition) is 1. The van der Waals surface area contributed by atoms with Crippen LogP contribution in [-0.2, 0) is 15.3 Å². The van der Waals surface area contributed by atoms with E-state index in [1.165, 1.54) is 28.0 Å². The lowest BCUT2D eigenvalue weighted by Crippen LogP contribution is -2.29. The number of aliphatic hydroxyl groups is 1. The first-order chi connectivity index (χ1) is 24.8. The Bertz CT molecular complexity index is 2310. The third-order valence-electron chi connectivity index (χ3n) is 9.09. The van der Waals surface area contributed by atoms with E-state index in [9.17, 15) is 14.7 Å². The number of Topliss-reactive ketones (excluding diaryl/α,β-unsaturated/α-hetero) is 1. The van der Waals surface area contributed by atoms with Gasteiger partial charge in [-0.25, -0.2) is 4.98 Å². The molecule has 1 aliphatic heterocycles. The number of carbonyl (C=O) groups excluding carboxylic acids is 2. The van der Waals surface area contributed by atoms with Crippen LogP contribution in [-0.4, -0.2) is 50.1 Å². The van der Waals surface area contributed by atoms with Crippen LogP contribution in [0, 0.1) is 13.8 Å². The molecule has 0 bridgehead atoms. The summed E-state index contributed by atoms with van der Waals surface area (Å²) in [6.07, 6.45) is 4.86. The summed E-state index contributed by atoms with van der Waals surface area (Å²) in [7, 11) is 1.54. The first-order valence-corrected chi connectivity index (χ1v) is 18.6. The summed E-state index contributed by atoms with van der Waals surface area (Å²) in [5, 5.41) is 23.3. The van der Waals surface area contributed by atoms with Crippen LogP contribution in [0.4, 0.5) is 5.13 Å². The van der Waals surface area contributed by atoms with Crippen LogP contribution in [0.2, 0.25) is 0 Å². The van der Waals surface area contributed by atoms with Gasteiger partial charge < -0.3 is 19.0 Å². The Kier molecular flexibility index (Phi) is 9.79. The van der Waals surface area contributed by atoms with Crippen molar-refractivity contribution in [2.45, 2.75) is 56.2 Å². The molecule has 1 fully saturated rings. The second kappa shape index (κ2) is 14.6. The van der Waals surface area contributed by atoms with Gasteiger partial charge in [0.2, 0.25) is 5.13 Å². The number of unbranched alkanes of at least 4 members (excludes halogenated alkanes) is 2. The molecule has 7 rings (SSSR count). The van der Waals surface area contributed by atoms with Gasteiger partial charge in [0.25, 0.3) is 5.78 Å². The van der Waals surface area contributed by atoms with Gasteiger partial charge in [-0.15, -0.1) is 10.2 Å². The standard InChI is InChI=1S/C39H37N5O5S2/c1-5-6-9-20-49-29-18-17-26(21-30(29)48-4)33-31(34(45)32-24(3)43-19-11-12-23(2)36(43)40-32)35(46)37(47)44(33)38-41-42-39(51-38)50-22-27-15-10-14-25-13-7-8-16-28(25)27/h7-8,10-19,21,33,45H,5-6,9,20,22H2,1-4H3. The number of aryl methyl sites for hydroxylation is 2. The molecule has 1 saturated heterocycles. The van der Waals surface area contributed by atoms with Crippen LogP contribution in [0.5, 0.6) is 11.5 Å². The summed E-state index contributed by atoms with van der Waals surface area (Å²) in [6.45, 7) is 6.40. The van der Waals surface area contributed by atoms with E-state index in [0.717, 1.165) is 41.2 Å². The number of thioether (sulfide) groups is 1. The maximum atomic E-state index is 14.0. The van der Waals surface area contributed by atoms with Gasteiger partial charge in [0, 0.05) is 11.9 Å². The smallest absolute Gasteiger partial charge is 0.301 e. The van der Waals surface area contributed by atoms with Crippen LogP contribution in [0.3, 0.4) is 0 Å². The number of methoxy groups -OCH3 is 1. The second-order valence-electron chi connectivity index (χ2n) is 12.3. The number of hydrogen-bond acceptors (Lipinski definition) is 10. The number of benzene rings is 3. The quantitative estimate of drug-likeness (QED) is 0.0332. The van der Waals surface area contributed by atoms with Crippen molar-refractivity contribution in [3.05, 3.63) is 113 Å². The average Bonchev–Trinajstić information content (AvgIpc) is 3.83. The summed E-state index contributed by atoms with van der Waals surface area (Å²) >= 11 is 2.73. The molecule has 1 N–H and O–H groups in total. The molecular weight excluding hydrogens is 683 g/mol. The van der Waals surface area contributed by atoms with Crippen LogP contribution < -0.4 is 14.4 Å². The minimum Gasteiger partial charge on any atom is -0.505 e. The molecule has 0 radical (unpaired) electrons. The number of aliphatic hydroxyl groups excluding tert-OH is 1. The molecule has 1 aliphatic rings. The highest BCUT2D eigenvalue weighted by atomic mass is 32.2. The topological polar surface area (TPSA) is 119 Å². The number of pyridine rings is 1. The van der Waals surface area contributed by atoms with Crippen molar-refractivity contribution in [3.63, 3.8) is 0 Å². The lowest BCUT2D eigenvalue weighted by atomic mass is 9.96. The maximum Gasteiger partial charge on any atom is 0.301 e. The number of nitrogens with zero attached hydrogens (tertiary/aromatic N) is 5. The number of anilines is 1. The van der Waals surface area contributed by atoms with Crippen LogP contribution >= 0.6 is 23.1 Å². The number of imidazole rings is 1. The first kappa shape index (κ1) is 34.3. The number of aromatic nitrogens is 4. The molecule has 3 aromatic carbocycles. The highest BCUT2D eigenvalue weighted by Gasteiger charge is 2.49. The van der Waals surface area contributed by atoms with Crippen molar-refractivity contribution in [2.75, 3.05) is 18.6 Å². The number of rotatable bonds is 12. The molecule has 1 amide bonds. The van der Waals surface area contributed by atoms with E-state index in [1.807, 2.05) is 54.8 Å². The normalized spacial score (nSPS) is 15.7. The van der Waals surface area contributed by atoms with Crippen molar-refractivity contribution in [1.29, 1.82) is 0 Å². The molecule has 0 spiro atoms. The Morgan fingerprint density at radius 2 is 1.80 bits per heavy atom. The molecule has 4 heterocycles. The molecule has 10 nitrogen and oxygen atoms in total. The Morgan fingerprint density at radius 1 is 0.980 bits per heavy atom. The molecule has 1 unspecified atom stereocenters. The van der Waals surface area contributed by atoms with Gasteiger partial charge in [-0.3, -0.25) is 14.5 Å². The lowest BCUT2D eigenvalue weighted by Gasteiger charge is -2.23. The van der Waals surface area contributed by atoms with Gasteiger partial charge in [0.05, 0.1) is 31.0 Å². The molecule has 0 aliphatic carbocycles. The molecule has 1 atom stereocenters. The van der Waals surface area contributed by atoms with Crippen LogP contribution in [0.25, 0.3) is 22.2 Å². The number of ether oxygens (including phenoxy) is 2. The third-order valence-corrected chi connectivity index (χ3v) is 11.2. The summed E-state index contributed by atoms with van der Waals surface area (Å²) in [5.74, 6) is -0.400. The maximum absolute atomic E-state index is 14.0. The monoisotopic (exact) mass is 719 g/mol. The molecule has 0 saturated carbocycles. The molecule has 260 valence electrons. The summed E-state index contributed by atoms with van der Waals surface area (Å²) in [4.78, 5) is 34.0. The van der Waals surface area contributed by atoms with Crippen molar-refractivity contribution in [1.82, 2.24) is 19.6 Å². The fourth-order valence-corrected chi connectivity index (χ4v) is 8.31. The van der Waals surface area contributed by atoms with Gasteiger partial charge in [0.15, 0.2) is 21.6 Å². The van der Waals surface area contributed by atoms with Gasteiger partial charge >= 0.3 is 5.91 Å². The van der Waals surface area contributed by atoms with E-state index >= 15 is 0 Å². The second-order valence-corrected chi connectivity index (χ2v) is 14.5. The van der Waals surface area contributed by atoms with E-state index in [2.05, 4.69) is 41.4 Å². The van der Waals surface area contributed by atoms with E-state index < -0.39 is 17.7 Å². The summed E-state index contributed by atoms with van der Waals surface area (Å²) < 4.78 is 14.2. The number of fused-ring (bicyclic) bond motifs is 2. The zero-order valence-corrected chi connectivity index (χ0v) is 30.4. The average molecular weight is 720 g/mol. The molecule has 51 heavy (non-hydrogen) atoms. The zero-order chi connectivity index (χ0) is 35.6. The van der Waals surface area contributed by atoms with Crippen LogP contribution in [0.15, 0.2) is 88.9 Å².